The maximum absolute atomic E-state index is 13.9. The number of rotatable bonds is 4. The summed E-state index contributed by atoms with van der Waals surface area (Å²) < 4.78 is 23.9. The molecule has 0 amide bonds. The molecule has 0 bridgehead atoms. The van der Waals surface area contributed by atoms with E-state index in [1.165, 1.54) is 13.2 Å². The van der Waals surface area contributed by atoms with Crippen LogP contribution >= 0.6 is 0 Å². The van der Waals surface area contributed by atoms with Gasteiger partial charge in [-0.05, 0) is 18.1 Å². The Labute approximate surface area is 110 Å². The average Bonchev–Trinajstić information content (AvgIpc) is 2.86. The summed E-state index contributed by atoms with van der Waals surface area (Å²) in [6, 6.07) is 4.09. The maximum Gasteiger partial charge on any atom is 0.244 e. The van der Waals surface area contributed by atoms with Crippen molar-refractivity contribution in [1.82, 2.24) is 10.1 Å². The van der Waals surface area contributed by atoms with Gasteiger partial charge in [0.25, 0.3) is 0 Å². The van der Waals surface area contributed by atoms with E-state index in [1.807, 2.05) is 13.8 Å². The number of nitrogens with zero attached hydrogens (tertiary/aromatic N) is 2. The molecule has 1 aromatic carbocycles. The van der Waals surface area contributed by atoms with Crippen LogP contribution in [0, 0.1) is 11.7 Å². The Bertz CT molecular complexity index is 569. The number of hydrogen-bond donors (Lipinski definition) is 1. The number of methoxy groups -OCH3 is 1. The van der Waals surface area contributed by atoms with Crippen molar-refractivity contribution in [3.8, 4) is 17.1 Å². The third kappa shape index (κ3) is 2.73. The molecule has 0 spiro atoms. The van der Waals surface area contributed by atoms with Crippen LogP contribution < -0.4 is 10.5 Å². The minimum atomic E-state index is -0.468. The predicted octanol–water partition coefficient (Wildman–Crippen LogP) is 2.54. The third-order valence-electron chi connectivity index (χ3n) is 2.86. The normalized spacial score (nSPS) is 12.7. The summed E-state index contributed by atoms with van der Waals surface area (Å²) in [6.07, 6.45) is 0. The fourth-order valence-electron chi connectivity index (χ4n) is 1.57. The largest absolute Gasteiger partial charge is 0.497 e. The molecule has 0 aliphatic carbocycles. The standard InChI is InChI=1S/C13H16FN3O2/c1-7(2)11(15)13-16-12(17-19-13)9-5-4-8(18-3)6-10(9)14/h4-7,11H,15H2,1-3H3/t11-/m0/s1. The Hall–Kier alpha value is -1.95. The van der Waals surface area contributed by atoms with Crippen molar-refractivity contribution in [3.63, 3.8) is 0 Å². The van der Waals surface area contributed by atoms with Crippen LogP contribution in [0.3, 0.4) is 0 Å². The number of hydrogen-bond acceptors (Lipinski definition) is 5. The van der Waals surface area contributed by atoms with Crippen molar-refractivity contribution < 1.29 is 13.7 Å². The Morgan fingerprint density at radius 2 is 2.11 bits per heavy atom. The van der Waals surface area contributed by atoms with Gasteiger partial charge in [-0.15, -0.1) is 0 Å². The monoisotopic (exact) mass is 265 g/mol. The molecule has 0 radical (unpaired) electrons. The van der Waals surface area contributed by atoms with Gasteiger partial charge in [-0.1, -0.05) is 19.0 Å². The molecule has 102 valence electrons. The molecule has 0 fully saturated rings. The number of benzene rings is 1. The van der Waals surface area contributed by atoms with E-state index in [2.05, 4.69) is 10.1 Å². The van der Waals surface area contributed by atoms with Gasteiger partial charge in [-0.25, -0.2) is 4.39 Å². The molecule has 6 heteroatoms. The van der Waals surface area contributed by atoms with E-state index in [4.69, 9.17) is 15.0 Å². The molecule has 5 nitrogen and oxygen atoms in total. The van der Waals surface area contributed by atoms with Crippen LogP contribution in [0.1, 0.15) is 25.8 Å². The summed E-state index contributed by atoms with van der Waals surface area (Å²) in [5.41, 5.74) is 6.16. The van der Waals surface area contributed by atoms with E-state index in [9.17, 15) is 4.39 Å². The molecule has 0 aliphatic heterocycles. The maximum atomic E-state index is 13.9. The molecule has 1 atom stereocenters. The van der Waals surface area contributed by atoms with Gasteiger partial charge < -0.3 is 15.0 Å². The lowest BCUT2D eigenvalue weighted by Gasteiger charge is -2.09. The van der Waals surface area contributed by atoms with Crippen molar-refractivity contribution >= 4 is 0 Å². The van der Waals surface area contributed by atoms with Crippen LogP contribution in [0.2, 0.25) is 0 Å². The van der Waals surface area contributed by atoms with Gasteiger partial charge in [0.15, 0.2) is 0 Å². The zero-order valence-electron chi connectivity index (χ0n) is 11.1. The Kier molecular flexibility index (Phi) is 3.80. The highest BCUT2D eigenvalue weighted by atomic mass is 19.1. The van der Waals surface area contributed by atoms with Gasteiger partial charge in [0.1, 0.15) is 11.6 Å². The highest BCUT2D eigenvalue weighted by Gasteiger charge is 2.20. The topological polar surface area (TPSA) is 74.2 Å². The SMILES string of the molecule is COc1ccc(-c2noc([C@@H](N)C(C)C)n2)c(F)c1. The zero-order chi connectivity index (χ0) is 14.0. The second-order valence-corrected chi connectivity index (χ2v) is 4.57. The van der Waals surface area contributed by atoms with Crippen molar-refractivity contribution in [3.05, 3.63) is 29.9 Å². The van der Waals surface area contributed by atoms with E-state index in [-0.39, 0.29) is 23.3 Å². The van der Waals surface area contributed by atoms with Gasteiger partial charge in [-0.2, -0.15) is 4.98 Å². The van der Waals surface area contributed by atoms with Crippen LogP contribution in [-0.4, -0.2) is 17.3 Å². The minimum absolute atomic E-state index is 0.161. The first-order valence-corrected chi connectivity index (χ1v) is 5.96. The van der Waals surface area contributed by atoms with Crippen molar-refractivity contribution in [2.45, 2.75) is 19.9 Å². The molecule has 2 aromatic rings. The Balaban J connectivity index is 2.33. The molecular weight excluding hydrogens is 249 g/mol. The van der Waals surface area contributed by atoms with Gasteiger partial charge in [-0.3, -0.25) is 0 Å². The summed E-state index contributed by atoms with van der Waals surface area (Å²) in [5, 5.41) is 3.76. The highest BCUT2D eigenvalue weighted by molar-refractivity contribution is 5.56. The number of ether oxygens (including phenoxy) is 1. The van der Waals surface area contributed by atoms with Gasteiger partial charge in [0.2, 0.25) is 11.7 Å². The second-order valence-electron chi connectivity index (χ2n) is 4.57. The summed E-state index contributed by atoms with van der Waals surface area (Å²) in [7, 11) is 1.47. The molecule has 19 heavy (non-hydrogen) atoms. The first kappa shape index (κ1) is 13.5. The van der Waals surface area contributed by atoms with E-state index in [0.29, 0.717) is 11.6 Å². The Morgan fingerprint density at radius 3 is 2.68 bits per heavy atom. The molecule has 1 heterocycles. The van der Waals surface area contributed by atoms with Crippen molar-refractivity contribution in [2.24, 2.45) is 11.7 Å². The number of nitrogens with two attached hydrogens (primary N) is 1. The minimum Gasteiger partial charge on any atom is -0.497 e. The first-order valence-electron chi connectivity index (χ1n) is 5.96. The molecule has 1 aromatic heterocycles. The van der Waals surface area contributed by atoms with Gasteiger partial charge in [0.05, 0.1) is 18.7 Å². The van der Waals surface area contributed by atoms with Gasteiger partial charge in [0, 0.05) is 6.07 Å². The Morgan fingerprint density at radius 1 is 1.37 bits per heavy atom. The zero-order valence-corrected chi connectivity index (χ0v) is 11.1. The fourth-order valence-corrected chi connectivity index (χ4v) is 1.57. The van der Waals surface area contributed by atoms with E-state index < -0.39 is 5.82 Å². The summed E-state index contributed by atoms with van der Waals surface area (Å²) >= 11 is 0. The highest BCUT2D eigenvalue weighted by Crippen LogP contribution is 2.26. The van der Waals surface area contributed by atoms with Crippen LogP contribution in [0.4, 0.5) is 4.39 Å². The molecule has 0 saturated carbocycles. The van der Waals surface area contributed by atoms with Gasteiger partial charge >= 0.3 is 0 Å². The lowest BCUT2D eigenvalue weighted by Crippen LogP contribution is -2.16. The van der Waals surface area contributed by atoms with Crippen LogP contribution in [0.25, 0.3) is 11.4 Å². The molecule has 0 saturated heterocycles. The molecule has 0 unspecified atom stereocenters. The van der Waals surface area contributed by atoms with E-state index >= 15 is 0 Å². The molecule has 2 N–H and O–H groups in total. The second kappa shape index (κ2) is 5.36. The third-order valence-corrected chi connectivity index (χ3v) is 2.86. The number of aromatic nitrogens is 2. The van der Waals surface area contributed by atoms with Crippen molar-refractivity contribution in [2.75, 3.05) is 7.11 Å². The molecule has 2 rings (SSSR count). The predicted molar refractivity (Wildman–Crippen MR) is 68.0 cm³/mol. The van der Waals surface area contributed by atoms with E-state index in [1.54, 1.807) is 12.1 Å². The van der Waals surface area contributed by atoms with Crippen LogP contribution in [0.5, 0.6) is 5.75 Å². The van der Waals surface area contributed by atoms with Crippen molar-refractivity contribution in [1.29, 1.82) is 0 Å². The number of halogens is 1. The van der Waals surface area contributed by atoms with Crippen LogP contribution in [-0.2, 0) is 0 Å². The first-order chi connectivity index (χ1) is 9.02. The summed E-state index contributed by atoms with van der Waals surface area (Å²) in [4.78, 5) is 4.13. The average molecular weight is 265 g/mol. The smallest absolute Gasteiger partial charge is 0.244 e. The lowest BCUT2D eigenvalue weighted by atomic mass is 10.1. The molecule has 0 aliphatic rings. The van der Waals surface area contributed by atoms with E-state index in [0.717, 1.165) is 0 Å². The van der Waals surface area contributed by atoms with Crippen LogP contribution in [0.15, 0.2) is 22.7 Å². The lowest BCUT2D eigenvalue weighted by molar-refractivity contribution is 0.325. The summed E-state index contributed by atoms with van der Waals surface area (Å²) in [6.45, 7) is 3.89. The summed E-state index contributed by atoms with van der Waals surface area (Å²) in [5.74, 6) is 0.620. The fraction of sp³-hybridized carbons (Fsp3) is 0.385. The molecular formula is C13H16FN3O2. The quantitative estimate of drug-likeness (QED) is 0.919.